The van der Waals surface area contributed by atoms with Crippen LogP contribution in [0.3, 0.4) is 0 Å². The quantitative estimate of drug-likeness (QED) is 0.797. The molecule has 1 heterocycles. The third-order valence-corrected chi connectivity index (χ3v) is 3.11. The molecule has 0 bridgehead atoms. The summed E-state index contributed by atoms with van der Waals surface area (Å²) in [6.07, 6.45) is 3.33. The van der Waals surface area contributed by atoms with Gasteiger partial charge in [0.25, 0.3) is 0 Å². The molecule has 0 aliphatic carbocycles. The fraction of sp³-hybridized carbons (Fsp3) is 0.786. The normalized spacial score (nSPS) is 24.8. The number of rotatable bonds is 3. The lowest BCUT2D eigenvalue weighted by Gasteiger charge is -2.40. The van der Waals surface area contributed by atoms with Gasteiger partial charge in [-0.05, 0) is 46.6 Å². The number of carbonyl (C=O) groups is 1. The highest BCUT2D eigenvalue weighted by atomic mass is 35.5. The summed E-state index contributed by atoms with van der Waals surface area (Å²) in [4.78, 5) is 13.8. The Morgan fingerprint density at radius 1 is 1.47 bits per heavy atom. The molecule has 0 N–H and O–H groups in total. The summed E-state index contributed by atoms with van der Waals surface area (Å²) in [6, 6.07) is 0. The first-order chi connectivity index (χ1) is 8.76. The summed E-state index contributed by atoms with van der Waals surface area (Å²) < 4.78 is 11.2. The van der Waals surface area contributed by atoms with Crippen LogP contribution in [-0.4, -0.2) is 41.9 Å². The van der Waals surface area contributed by atoms with Crippen molar-refractivity contribution in [3.05, 3.63) is 11.6 Å². The number of hydrogen-bond acceptors (Lipinski definition) is 3. The van der Waals surface area contributed by atoms with Crippen LogP contribution in [0.4, 0.5) is 4.79 Å². The van der Waals surface area contributed by atoms with Gasteiger partial charge < -0.3 is 14.4 Å². The van der Waals surface area contributed by atoms with Gasteiger partial charge in [-0.2, -0.15) is 0 Å². The molecule has 19 heavy (non-hydrogen) atoms. The van der Waals surface area contributed by atoms with Gasteiger partial charge >= 0.3 is 6.09 Å². The smallest absolute Gasteiger partial charge is 0.410 e. The lowest BCUT2D eigenvalue weighted by Crippen LogP contribution is -2.51. The average molecular weight is 290 g/mol. The van der Waals surface area contributed by atoms with Gasteiger partial charge in [-0.15, -0.1) is 0 Å². The predicted octanol–water partition coefficient (Wildman–Crippen LogP) is 3.55. The topological polar surface area (TPSA) is 38.8 Å². The maximum absolute atomic E-state index is 12.0. The largest absolute Gasteiger partial charge is 0.444 e. The Bertz CT molecular complexity index is 338. The molecule has 1 saturated heterocycles. The van der Waals surface area contributed by atoms with Gasteiger partial charge in [-0.1, -0.05) is 11.6 Å². The van der Waals surface area contributed by atoms with Crippen LogP contribution in [0, 0.1) is 0 Å². The Labute approximate surface area is 120 Å². The molecule has 4 nitrogen and oxygen atoms in total. The van der Waals surface area contributed by atoms with E-state index in [0.29, 0.717) is 13.2 Å². The van der Waals surface area contributed by atoms with Crippen molar-refractivity contribution < 1.29 is 14.3 Å². The first kappa shape index (κ1) is 16.3. The van der Waals surface area contributed by atoms with Crippen molar-refractivity contribution >= 4 is 17.7 Å². The SMILES string of the molecule is CC(C)(C)OC(=O)N1CCCC(C)(OC/C=C/Cl)C1. The fourth-order valence-corrected chi connectivity index (χ4v) is 2.16. The van der Waals surface area contributed by atoms with Crippen LogP contribution in [0.1, 0.15) is 40.5 Å². The minimum absolute atomic E-state index is 0.269. The number of piperidine rings is 1. The molecule has 0 spiro atoms. The summed E-state index contributed by atoms with van der Waals surface area (Å²) in [6.45, 7) is 9.37. The van der Waals surface area contributed by atoms with E-state index >= 15 is 0 Å². The molecule has 1 rings (SSSR count). The monoisotopic (exact) mass is 289 g/mol. The van der Waals surface area contributed by atoms with E-state index in [2.05, 4.69) is 0 Å². The minimum atomic E-state index is -0.465. The molecule has 5 heteroatoms. The van der Waals surface area contributed by atoms with Gasteiger partial charge in [0, 0.05) is 12.1 Å². The van der Waals surface area contributed by atoms with Crippen LogP contribution < -0.4 is 0 Å². The standard InChI is InChI=1S/C14H24ClNO3/c1-13(2,3)19-12(17)16-9-5-7-14(4,11-16)18-10-6-8-15/h6,8H,5,7,9-11H2,1-4H3/b8-6+. The van der Waals surface area contributed by atoms with Crippen LogP contribution >= 0.6 is 11.6 Å². The van der Waals surface area contributed by atoms with Crippen molar-refractivity contribution in [1.82, 2.24) is 4.90 Å². The predicted molar refractivity (Wildman–Crippen MR) is 76.4 cm³/mol. The zero-order valence-electron chi connectivity index (χ0n) is 12.2. The second-order valence-electron chi connectivity index (χ2n) is 6.13. The Kier molecular flexibility index (Phi) is 5.68. The van der Waals surface area contributed by atoms with Crippen molar-refractivity contribution in [2.45, 2.75) is 51.7 Å². The summed E-state index contributed by atoms with van der Waals surface area (Å²) in [5, 5.41) is 0. The zero-order valence-corrected chi connectivity index (χ0v) is 13.0. The third kappa shape index (κ3) is 5.83. The highest BCUT2D eigenvalue weighted by Crippen LogP contribution is 2.26. The molecule has 0 radical (unpaired) electrons. The lowest BCUT2D eigenvalue weighted by molar-refractivity contribution is -0.0700. The number of amides is 1. The molecule has 110 valence electrons. The summed E-state index contributed by atoms with van der Waals surface area (Å²) in [5.74, 6) is 0. The van der Waals surface area contributed by atoms with Crippen LogP contribution in [0.25, 0.3) is 0 Å². The third-order valence-electron chi connectivity index (χ3n) is 2.93. The maximum atomic E-state index is 12.0. The second kappa shape index (κ2) is 6.62. The molecule has 1 aliphatic rings. The second-order valence-corrected chi connectivity index (χ2v) is 6.38. The van der Waals surface area contributed by atoms with Crippen molar-refractivity contribution in [2.24, 2.45) is 0 Å². The Balaban J connectivity index is 2.55. The van der Waals surface area contributed by atoms with E-state index in [1.165, 1.54) is 5.54 Å². The van der Waals surface area contributed by atoms with E-state index in [1.807, 2.05) is 27.7 Å². The van der Waals surface area contributed by atoms with Crippen molar-refractivity contribution in [3.63, 3.8) is 0 Å². The maximum Gasteiger partial charge on any atom is 0.410 e. The van der Waals surface area contributed by atoms with Crippen molar-refractivity contribution in [1.29, 1.82) is 0 Å². The van der Waals surface area contributed by atoms with E-state index in [-0.39, 0.29) is 11.7 Å². The van der Waals surface area contributed by atoms with Gasteiger partial charge in [0.2, 0.25) is 0 Å². The number of ether oxygens (including phenoxy) is 2. The molecule has 1 aliphatic heterocycles. The molecular weight excluding hydrogens is 266 g/mol. The summed E-state index contributed by atoms with van der Waals surface area (Å²) >= 11 is 5.47. The number of carbonyl (C=O) groups excluding carboxylic acids is 1. The van der Waals surface area contributed by atoms with Crippen LogP contribution in [0.2, 0.25) is 0 Å². The van der Waals surface area contributed by atoms with Gasteiger partial charge in [-0.25, -0.2) is 4.79 Å². The van der Waals surface area contributed by atoms with Crippen LogP contribution in [0.5, 0.6) is 0 Å². The molecule has 1 amide bonds. The van der Waals surface area contributed by atoms with E-state index in [0.717, 1.165) is 19.4 Å². The Morgan fingerprint density at radius 2 is 2.16 bits per heavy atom. The molecule has 0 saturated carbocycles. The van der Waals surface area contributed by atoms with Gasteiger partial charge in [0.05, 0.1) is 18.8 Å². The van der Waals surface area contributed by atoms with E-state index in [1.54, 1.807) is 11.0 Å². The fourth-order valence-electron chi connectivity index (χ4n) is 2.09. The van der Waals surface area contributed by atoms with Gasteiger partial charge in [0.1, 0.15) is 5.60 Å². The van der Waals surface area contributed by atoms with E-state index < -0.39 is 5.60 Å². The van der Waals surface area contributed by atoms with Crippen molar-refractivity contribution in [2.75, 3.05) is 19.7 Å². The molecule has 1 atom stereocenters. The number of halogens is 1. The van der Waals surface area contributed by atoms with Gasteiger partial charge in [-0.3, -0.25) is 0 Å². The first-order valence-corrected chi connectivity index (χ1v) is 7.06. The summed E-state index contributed by atoms with van der Waals surface area (Å²) in [7, 11) is 0. The molecule has 0 aromatic rings. The Morgan fingerprint density at radius 3 is 2.74 bits per heavy atom. The number of hydrogen-bond donors (Lipinski definition) is 0. The first-order valence-electron chi connectivity index (χ1n) is 6.63. The van der Waals surface area contributed by atoms with Crippen LogP contribution in [0.15, 0.2) is 11.6 Å². The highest BCUT2D eigenvalue weighted by Gasteiger charge is 2.35. The Hall–Kier alpha value is -0.740. The highest BCUT2D eigenvalue weighted by molar-refractivity contribution is 6.25. The number of nitrogens with zero attached hydrogens (tertiary/aromatic N) is 1. The molecule has 1 unspecified atom stereocenters. The van der Waals surface area contributed by atoms with Crippen LogP contribution in [-0.2, 0) is 9.47 Å². The van der Waals surface area contributed by atoms with E-state index in [9.17, 15) is 4.79 Å². The molecule has 0 aromatic carbocycles. The number of likely N-dealkylation sites (tertiary alicyclic amines) is 1. The molecular formula is C14H24ClNO3. The molecule has 1 fully saturated rings. The van der Waals surface area contributed by atoms with Crippen molar-refractivity contribution in [3.8, 4) is 0 Å². The van der Waals surface area contributed by atoms with Gasteiger partial charge in [0.15, 0.2) is 0 Å². The minimum Gasteiger partial charge on any atom is -0.444 e. The molecule has 0 aromatic heterocycles. The zero-order chi connectivity index (χ0) is 14.5. The lowest BCUT2D eigenvalue weighted by atomic mass is 9.95. The van der Waals surface area contributed by atoms with E-state index in [4.69, 9.17) is 21.1 Å². The summed E-state index contributed by atoms with van der Waals surface area (Å²) in [5.41, 5.74) is 0.649. The average Bonchev–Trinajstić information content (AvgIpc) is 2.27.